The maximum atomic E-state index is 12.3. The summed E-state index contributed by atoms with van der Waals surface area (Å²) in [7, 11) is 0. The Bertz CT molecular complexity index is 555. The van der Waals surface area contributed by atoms with Gasteiger partial charge in [0.25, 0.3) is 5.91 Å². The first-order valence-corrected chi connectivity index (χ1v) is 7.28. The number of carbonyl (C=O) groups is 1. The Morgan fingerprint density at radius 1 is 1.28 bits per heavy atom. The second-order valence-corrected chi connectivity index (χ2v) is 5.59. The molecule has 0 spiro atoms. The first-order valence-electron chi connectivity index (χ1n) is 6.46. The van der Waals surface area contributed by atoms with Crippen LogP contribution in [0.25, 0.3) is 10.1 Å². The van der Waals surface area contributed by atoms with Crippen LogP contribution in [0.2, 0.25) is 0 Å². The summed E-state index contributed by atoms with van der Waals surface area (Å²) in [6, 6.07) is 8.46. The van der Waals surface area contributed by atoms with E-state index in [-0.39, 0.29) is 11.9 Å². The number of hydrogen-bond acceptors (Lipinski definition) is 2. The molecule has 0 aliphatic heterocycles. The molecule has 0 bridgehead atoms. The fraction of sp³-hybridized carbons (Fsp3) is 0.400. The second-order valence-electron chi connectivity index (χ2n) is 4.54. The summed E-state index contributed by atoms with van der Waals surface area (Å²) in [5.74, 6) is 0.0717. The number of carbonyl (C=O) groups excluding carboxylic acids is 1. The fourth-order valence-electron chi connectivity index (χ4n) is 2.13. The number of fused-ring (bicyclic) bond motifs is 1. The summed E-state index contributed by atoms with van der Waals surface area (Å²) in [4.78, 5) is 13.1. The number of benzene rings is 1. The summed E-state index contributed by atoms with van der Waals surface area (Å²) in [6.45, 7) is 6.24. The smallest absolute Gasteiger partial charge is 0.261 e. The summed E-state index contributed by atoms with van der Waals surface area (Å²) in [5.41, 5.74) is 1.10. The lowest BCUT2D eigenvalue weighted by molar-refractivity contribution is 0.0938. The Hall–Kier alpha value is -1.35. The topological polar surface area (TPSA) is 29.1 Å². The minimum atomic E-state index is 0.0717. The van der Waals surface area contributed by atoms with Gasteiger partial charge in [-0.3, -0.25) is 4.79 Å². The lowest BCUT2D eigenvalue weighted by atomic mass is 10.1. The molecule has 1 aromatic heterocycles. The highest BCUT2D eigenvalue weighted by atomic mass is 32.1. The molecular weight excluding hydrogens is 242 g/mol. The molecule has 1 aromatic carbocycles. The Kier molecular flexibility index (Phi) is 4.02. The Balaban J connectivity index is 2.30. The molecule has 3 heteroatoms. The van der Waals surface area contributed by atoms with Gasteiger partial charge in [0, 0.05) is 10.7 Å². The minimum absolute atomic E-state index is 0.0717. The first kappa shape index (κ1) is 13.1. The second kappa shape index (κ2) is 5.53. The van der Waals surface area contributed by atoms with Crippen molar-refractivity contribution in [2.45, 2.75) is 39.7 Å². The SMILES string of the molecule is CCC(CC)NC(=O)c1sc2ccccc2c1C. The third-order valence-corrected chi connectivity index (χ3v) is 4.64. The average molecular weight is 261 g/mol. The zero-order chi connectivity index (χ0) is 13.1. The molecule has 0 aliphatic carbocycles. The molecular formula is C15H19NOS. The van der Waals surface area contributed by atoms with E-state index in [1.807, 2.05) is 19.1 Å². The molecule has 18 heavy (non-hydrogen) atoms. The summed E-state index contributed by atoms with van der Waals surface area (Å²) < 4.78 is 1.18. The molecule has 1 N–H and O–H groups in total. The van der Waals surface area contributed by atoms with Gasteiger partial charge in [-0.25, -0.2) is 0 Å². The van der Waals surface area contributed by atoms with Crippen LogP contribution in [0.1, 0.15) is 41.9 Å². The Morgan fingerprint density at radius 2 is 1.94 bits per heavy atom. The predicted molar refractivity (Wildman–Crippen MR) is 78.4 cm³/mol. The monoisotopic (exact) mass is 261 g/mol. The number of thiophene rings is 1. The van der Waals surface area contributed by atoms with Gasteiger partial charge in [-0.05, 0) is 36.8 Å². The summed E-state index contributed by atoms with van der Waals surface area (Å²) >= 11 is 1.58. The maximum Gasteiger partial charge on any atom is 0.261 e. The van der Waals surface area contributed by atoms with Crippen molar-refractivity contribution in [3.8, 4) is 0 Å². The van der Waals surface area contributed by atoms with Gasteiger partial charge in [0.15, 0.2) is 0 Å². The number of amides is 1. The van der Waals surface area contributed by atoms with Crippen molar-refractivity contribution < 1.29 is 4.79 Å². The predicted octanol–water partition coefficient (Wildman–Crippen LogP) is 4.13. The molecule has 2 nitrogen and oxygen atoms in total. The fourth-order valence-corrected chi connectivity index (χ4v) is 3.25. The van der Waals surface area contributed by atoms with Crippen molar-refractivity contribution >= 4 is 27.3 Å². The van der Waals surface area contributed by atoms with Gasteiger partial charge < -0.3 is 5.32 Å². The average Bonchev–Trinajstić information content (AvgIpc) is 2.74. The molecule has 96 valence electrons. The van der Waals surface area contributed by atoms with Crippen LogP contribution in [0.3, 0.4) is 0 Å². The van der Waals surface area contributed by atoms with Gasteiger partial charge >= 0.3 is 0 Å². The van der Waals surface area contributed by atoms with Crippen LogP contribution < -0.4 is 5.32 Å². The van der Waals surface area contributed by atoms with Gasteiger partial charge in [-0.1, -0.05) is 32.0 Å². The highest BCUT2D eigenvalue weighted by molar-refractivity contribution is 7.21. The number of hydrogen-bond donors (Lipinski definition) is 1. The maximum absolute atomic E-state index is 12.3. The number of nitrogens with one attached hydrogen (secondary N) is 1. The molecule has 0 fully saturated rings. The molecule has 0 radical (unpaired) electrons. The third-order valence-electron chi connectivity index (χ3n) is 3.37. The number of aryl methyl sites for hydroxylation is 1. The minimum Gasteiger partial charge on any atom is -0.349 e. The van der Waals surface area contributed by atoms with E-state index < -0.39 is 0 Å². The van der Waals surface area contributed by atoms with E-state index in [4.69, 9.17) is 0 Å². The summed E-state index contributed by atoms with van der Waals surface area (Å²) in [6.07, 6.45) is 1.96. The molecule has 2 aromatic rings. The lowest BCUT2D eigenvalue weighted by Gasteiger charge is -2.14. The van der Waals surface area contributed by atoms with E-state index in [1.54, 1.807) is 11.3 Å². The van der Waals surface area contributed by atoms with E-state index in [0.717, 1.165) is 23.3 Å². The van der Waals surface area contributed by atoms with Crippen LogP contribution in [0.4, 0.5) is 0 Å². The van der Waals surface area contributed by atoms with Crippen molar-refractivity contribution in [1.82, 2.24) is 5.32 Å². The van der Waals surface area contributed by atoms with Crippen LogP contribution in [-0.4, -0.2) is 11.9 Å². The molecule has 0 aliphatic rings. The molecule has 0 unspecified atom stereocenters. The van der Waals surface area contributed by atoms with Crippen LogP contribution in [0.15, 0.2) is 24.3 Å². The summed E-state index contributed by atoms with van der Waals surface area (Å²) in [5, 5.41) is 4.30. The zero-order valence-corrected chi connectivity index (χ0v) is 11.9. The van der Waals surface area contributed by atoms with E-state index in [0.29, 0.717) is 0 Å². The number of rotatable bonds is 4. The lowest BCUT2D eigenvalue weighted by Crippen LogP contribution is -2.33. The van der Waals surface area contributed by atoms with Crippen molar-refractivity contribution in [3.63, 3.8) is 0 Å². The Morgan fingerprint density at radius 3 is 2.56 bits per heavy atom. The van der Waals surface area contributed by atoms with Crippen molar-refractivity contribution in [2.24, 2.45) is 0 Å². The molecule has 0 saturated carbocycles. The van der Waals surface area contributed by atoms with E-state index >= 15 is 0 Å². The van der Waals surface area contributed by atoms with Crippen LogP contribution >= 0.6 is 11.3 Å². The molecule has 0 saturated heterocycles. The Labute approximate surface area is 112 Å². The van der Waals surface area contributed by atoms with Gasteiger partial charge in [0.2, 0.25) is 0 Å². The van der Waals surface area contributed by atoms with Gasteiger partial charge in [0.1, 0.15) is 0 Å². The molecule has 1 amide bonds. The normalized spacial score (nSPS) is 11.1. The van der Waals surface area contributed by atoms with Crippen molar-refractivity contribution in [1.29, 1.82) is 0 Å². The van der Waals surface area contributed by atoms with E-state index in [1.165, 1.54) is 10.1 Å². The van der Waals surface area contributed by atoms with Gasteiger partial charge in [-0.15, -0.1) is 11.3 Å². The molecule has 1 heterocycles. The van der Waals surface area contributed by atoms with E-state index in [9.17, 15) is 4.79 Å². The van der Waals surface area contributed by atoms with Gasteiger partial charge in [-0.2, -0.15) is 0 Å². The largest absolute Gasteiger partial charge is 0.349 e. The zero-order valence-electron chi connectivity index (χ0n) is 11.1. The molecule has 2 rings (SSSR count). The van der Waals surface area contributed by atoms with Crippen molar-refractivity contribution in [3.05, 3.63) is 34.7 Å². The molecule has 0 atom stereocenters. The van der Waals surface area contributed by atoms with Gasteiger partial charge in [0.05, 0.1) is 4.88 Å². The van der Waals surface area contributed by atoms with Crippen LogP contribution in [0, 0.1) is 6.92 Å². The standard InChI is InChI=1S/C15H19NOS/c1-4-11(5-2)16-15(17)14-10(3)12-8-6-7-9-13(12)18-14/h6-9,11H,4-5H2,1-3H3,(H,16,17). The quantitative estimate of drug-likeness (QED) is 0.881. The highest BCUT2D eigenvalue weighted by Crippen LogP contribution is 2.30. The van der Waals surface area contributed by atoms with Crippen LogP contribution in [-0.2, 0) is 0 Å². The highest BCUT2D eigenvalue weighted by Gasteiger charge is 2.17. The third kappa shape index (κ3) is 2.41. The van der Waals surface area contributed by atoms with E-state index in [2.05, 4.69) is 31.3 Å². The first-order chi connectivity index (χ1) is 8.67. The van der Waals surface area contributed by atoms with Crippen molar-refractivity contribution in [2.75, 3.05) is 0 Å². The van der Waals surface area contributed by atoms with Crippen LogP contribution in [0.5, 0.6) is 0 Å².